The van der Waals surface area contributed by atoms with Crippen molar-refractivity contribution < 1.29 is 33.4 Å². The summed E-state index contributed by atoms with van der Waals surface area (Å²) >= 11 is 14.6. The number of carbonyl (C=O) groups is 4. The number of amides is 4. The highest BCUT2D eigenvalue weighted by Gasteiger charge is 2.76. The van der Waals surface area contributed by atoms with Gasteiger partial charge in [0.2, 0.25) is 17.7 Å². The van der Waals surface area contributed by atoms with Crippen LogP contribution in [0.4, 0.5) is 5.69 Å². The van der Waals surface area contributed by atoms with E-state index in [1.54, 1.807) is 36.4 Å². The van der Waals surface area contributed by atoms with Gasteiger partial charge in [-0.3, -0.25) is 29.0 Å². The predicted molar refractivity (Wildman–Crippen MR) is 196 cm³/mol. The lowest BCUT2D eigenvalue weighted by Crippen LogP contribution is -2.60. The molecule has 2 aliphatic carbocycles. The average Bonchev–Trinajstić information content (AvgIpc) is 3.76. The van der Waals surface area contributed by atoms with Crippen molar-refractivity contribution in [3.05, 3.63) is 120 Å². The first-order valence-corrected chi connectivity index (χ1v) is 18.0. The molecule has 3 heterocycles. The predicted octanol–water partition coefficient (Wildman–Crippen LogP) is 6.97. The SMILES string of the molecule is CN1C(=O)C2(Cl)CC3C(=CCC4C(=O)N(c5ccc(-c6nc7ccccc7o6)cc5)C(=O)C43)C(c3ccc(OCc4ccccc4)cc3O)C2(Cl)C1=O. The van der Waals surface area contributed by atoms with Crippen LogP contribution in [0.3, 0.4) is 0 Å². The van der Waals surface area contributed by atoms with Crippen molar-refractivity contribution in [2.24, 2.45) is 17.8 Å². The van der Waals surface area contributed by atoms with Crippen molar-refractivity contribution in [1.82, 2.24) is 9.88 Å². The Morgan fingerprint density at radius 2 is 1.62 bits per heavy atom. The number of rotatable bonds is 6. The Labute approximate surface area is 313 Å². The molecule has 0 radical (unpaired) electrons. The van der Waals surface area contributed by atoms with E-state index in [-0.39, 0.29) is 36.7 Å². The van der Waals surface area contributed by atoms with Crippen LogP contribution in [0.2, 0.25) is 0 Å². The molecule has 266 valence electrons. The summed E-state index contributed by atoms with van der Waals surface area (Å²) in [4.78, 5) is 58.9. The van der Waals surface area contributed by atoms with Crippen molar-refractivity contribution in [3.8, 4) is 23.0 Å². The van der Waals surface area contributed by atoms with Crippen LogP contribution in [-0.4, -0.2) is 55.4 Å². The van der Waals surface area contributed by atoms with E-state index in [2.05, 4.69) is 4.98 Å². The van der Waals surface area contributed by atoms with Gasteiger partial charge in [0.05, 0.1) is 17.5 Å². The number of nitrogens with zero attached hydrogens (tertiary/aromatic N) is 3. The highest BCUT2D eigenvalue weighted by molar-refractivity contribution is 6.53. The molecular formula is C41H31Cl2N3O7. The quantitative estimate of drug-likeness (QED) is 0.112. The smallest absolute Gasteiger partial charge is 0.253 e. The number of aromatic nitrogens is 1. The van der Waals surface area contributed by atoms with Gasteiger partial charge in [0, 0.05) is 30.2 Å². The second-order valence-electron chi connectivity index (χ2n) is 14.0. The lowest BCUT2D eigenvalue weighted by molar-refractivity contribution is -0.138. The minimum absolute atomic E-state index is 0.154. The number of para-hydroxylation sites is 2. The number of likely N-dealkylation sites (tertiary alicyclic amines) is 1. The second-order valence-corrected chi connectivity index (χ2v) is 15.3. The maximum atomic E-state index is 14.5. The number of hydrogen-bond acceptors (Lipinski definition) is 8. The number of aromatic hydroxyl groups is 1. The number of carbonyl (C=O) groups excluding carboxylic acids is 4. The van der Waals surface area contributed by atoms with E-state index >= 15 is 0 Å². The van der Waals surface area contributed by atoms with Crippen LogP contribution >= 0.6 is 23.2 Å². The standard InChI is InChI=1S/C41H31Cl2N3O7/c1-45-38(50)40(42)20-29-26(34(41(40,43)39(45)51)27-16-15-25(19-31(27)47)52-21-22-7-3-2-4-8-22)17-18-28-33(29)37(49)46(36(28)48)24-13-11-23(12-14-24)35-44-30-9-5-6-10-32(30)53-35/h2-17,19,28-29,33-34,47H,18,20-21H2,1H3. The van der Waals surface area contributed by atoms with Gasteiger partial charge in [-0.1, -0.05) is 60.2 Å². The third-order valence-electron chi connectivity index (χ3n) is 11.2. The summed E-state index contributed by atoms with van der Waals surface area (Å²) in [6.45, 7) is 0.257. The van der Waals surface area contributed by atoms with Gasteiger partial charge in [0.1, 0.15) is 23.6 Å². The number of halogens is 2. The van der Waals surface area contributed by atoms with E-state index in [4.69, 9.17) is 32.4 Å². The molecule has 2 saturated heterocycles. The van der Waals surface area contributed by atoms with Gasteiger partial charge in [-0.15, -0.1) is 23.2 Å². The molecule has 0 bridgehead atoms. The number of anilines is 1. The van der Waals surface area contributed by atoms with Crippen LogP contribution in [0.5, 0.6) is 11.5 Å². The second kappa shape index (κ2) is 12.0. The summed E-state index contributed by atoms with van der Waals surface area (Å²) in [5.74, 6) is -5.10. The third-order valence-corrected chi connectivity index (χ3v) is 12.7. The monoisotopic (exact) mass is 747 g/mol. The molecule has 2 aliphatic heterocycles. The molecule has 5 aromatic rings. The summed E-state index contributed by atoms with van der Waals surface area (Å²) < 4.78 is 11.8. The van der Waals surface area contributed by atoms with Crippen LogP contribution < -0.4 is 9.64 Å². The normalized spacial score (nSPS) is 27.9. The van der Waals surface area contributed by atoms with Crippen LogP contribution in [0.1, 0.15) is 29.9 Å². The largest absolute Gasteiger partial charge is 0.508 e. The van der Waals surface area contributed by atoms with Gasteiger partial charge in [-0.05, 0) is 66.8 Å². The minimum Gasteiger partial charge on any atom is -0.508 e. The van der Waals surface area contributed by atoms with Gasteiger partial charge in [0.15, 0.2) is 15.3 Å². The number of ether oxygens (including phenoxy) is 1. The fraction of sp³-hybridized carbons (Fsp3) is 0.244. The van der Waals surface area contributed by atoms with Gasteiger partial charge in [-0.25, -0.2) is 4.98 Å². The first-order valence-electron chi connectivity index (χ1n) is 17.2. The first kappa shape index (κ1) is 33.4. The van der Waals surface area contributed by atoms with E-state index in [9.17, 15) is 24.3 Å². The highest BCUT2D eigenvalue weighted by Crippen LogP contribution is 2.66. The molecule has 4 aliphatic rings. The molecule has 10 nitrogen and oxygen atoms in total. The number of alkyl halides is 2. The lowest BCUT2D eigenvalue weighted by atomic mass is 9.56. The van der Waals surface area contributed by atoms with Crippen molar-refractivity contribution in [1.29, 1.82) is 0 Å². The van der Waals surface area contributed by atoms with Crippen LogP contribution in [-0.2, 0) is 25.8 Å². The van der Waals surface area contributed by atoms with Crippen LogP contribution in [0.15, 0.2) is 113 Å². The summed E-state index contributed by atoms with van der Waals surface area (Å²) in [6.07, 6.45) is 1.87. The number of benzene rings is 4. The van der Waals surface area contributed by atoms with E-state index in [1.807, 2.05) is 60.7 Å². The Kier molecular flexibility index (Phi) is 7.59. The van der Waals surface area contributed by atoms with Crippen molar-refractivity contribution in [2.45, 2.75) is 35.1 Å². The van der Waals surface area contributed by atoms with E-state index in [0.29, 0.717) is 39.6 Å². The number of allylic oxidation sites excluding steroid dienone is 2. The summed E-state index contributed by atoms with van der Waals surface area (Å²) in [6, 6.07) is 28.5. The maximum absolute atomic E-state index is 14.5. The molecule has 9 rings (SSSR count). The van der Waals surface area contributed by atoms with Crippen molar-refractivity contribution in [3.63, 3.8) is 0 Å². The zero-order valence-electron chi connectivity index (χ0n) is 28.2. The van der Waals surface area contributed by atoms with Gasteiger partial charge >= 0.3 is 0 Å². The summed E-state index contributed by atoms with van der Waals surface area (Å²) in [5, 5.41) is 11.5. The molecule has 1 N–H and O–H groups in total. The molecule has 6 unspecified atom stereocenters. The first-order chi connectivity index (χ1) is 25.5. The molecule has 1 saturated carbocycles. The van der Waals surface area contributed by atoms with Crippen LogP contribution in [0, 0.1) is 17.8 Å². The van der Waals surface area contributed by atoms with E-state index in [1.165, 1.54) is 18.0 Å². The van der Waals surface area contributed by atoms with E-state index in [0.717, 1.165) is 10.5 Å². The molecule has 4 aromatic carbocycles. The number of hydrogen-bond donors (Lipinski definition) is 1. The zero-order valence-corrected chi connectivity index (χ0v) is 29.8. The van der Waals surface area contributed by atoms with Gasteiger partial charge < -0.3 is 14.3 Å². The Balaban J connectivity index is 1.06. The van der Waals surface area contributed by atoms with Gasteiger partial charge in [-0.2, -0.15) is 0 Å². The fourth-order valence-corrected chi connectivity index (χ4v) is 9.70. The molecule has 3 fully saturated rings. The zero-order chi connectivity index (χ0) is 36.8. The van der Waals surface area contributed by atoms with Gasteiger partial charge in [0.25, 0.3) is 11.8 Å². The lowest BCUT2D eigenvalue weighted by Gasteiger charge is -2.50. The number of phenols is 1. The Hall–Kier alpha value is -5.45. The third kappa shape index (κ3) is 4.81. The molecule has 6 atom stereocenters. The minimum atomic E-state index is -2.02. The molecule has 0 spiro atoms. The molecule has 4 amide bonds. The number of oxazole rings is 1. The summed E-state index contributed by atoms with van der Waals surface area (Å²) in [7, 11) is 1.33. The number of fused-ring (bicyclic) bond motifs is 5. The number of phenolic OH excluding ortho intramolecular Hbond substituents is 1. The Morgan fingerprint density at radius 1 is 0.887 bits per heavy atom. The van der Waals surface area contributed by atoms with E-state index < -0.39 is 51.1 Å². The molecular weight excluding hydrogens is 717 g/mol. The Morgan fingerprint density at radius 3 is 2.36 bits per heavy atom. The summed E-state index contributed by atoms with van der Waals surface area (Å²) in [5.41, 5.74) is 4.17. The highest BCUT2D eigenvalue weighted by atomic mass is 35.5. The Bertz CT molecular complexity index is 2360. The van der Waals surface area contributed by atoms with Crippen molar-refractivity contribution in [2.75, 3.05) is 11.9 Å². The molecule has 12 heteroatoms. The van der Waals surface area contributed by atoms with Crippen LogP contribution in [0.25, 0.3) is 22.6 Å². The molecule has 53 heavy (non-hydrogen) atoms. The topological polar surface area (TPSA) is 130 Å². The number of imide groups is 2. The van der Waals surface area contributed by atoms with Crippen molar-refractivity contribution >= 4 is 63.6 Å². The average molecular weight is 749 g/mol. The fourth-order valence-electron chi connectivity index (χ4n) is 8.69. The molecule has 1 aromatic heterocycles. The maximum Gasteiger partial charge on any atom is 0.253 e.